The van der Waals surface area contributed by atoms with Gasteiger partial charge in [-0.3, -0.25) is 14.8 Å². The Balaban J connectivity index is 1.69. The van der Waals surface area contributed by atoms with Crippen molar-refractivity contribution in [3.63, 3.8) is 0 Å². The lowest BCUT2D eigenvalue weighted by Crippen LogP contribution is -2.73. The minimum atomic E-state index is -3.79. The Hall–Kier alpha value is -3.30. The number of aromatic nitrogens is 1. The number of hydrogen-bond acceptors (Lipinski definition) is 7. The van der Waals surface area contributed by atoms with Crippen LogP contribution in [0, 0.1) is 12.4 Å². The van der Waals surface area contributed by atoms with Gasteiger partial charge in [-0.05, 0) is 37.7 Å². The minimum absolute atomic E-state index is 0.0674. The number of pyridine rings is 1. The summed E-state index contributed by atoms with van der Waals surface area (Å²) >= 11 is 0. The van der Waals surface area contributed by atoms with Gasteiger partial charge in [0, 0.05) is 36.8 Å². The first kappa shape index (κ1) is 24.8. The third-order valence-electron chi connectivity index (χ3n) is 6.46. The number of carbonyl (C=O) groups excluding carboxylic acids is 1. The Morgan fingerprint density at radius 3 is 2.57 bits per heavy atom. The lowest BCUT2D eigenvalue weighted by Gasteiger charge is -2.51. The van der Waals surface area contributed by atoms with Gasteiger partial charge >= 0.3 is 0 Å². The number of hydrogen-bond donors (Lipinski definition) is 1. The van der Waals surface area contributed by atoms with E-state index in [0.29, 0.717) is 0 Å². The van der Waals surface area contributed by atoms with E-state index in [2.05, 4.69) is 14.8 Å². The lowest BCUT2D eigenvalue weighted by atomic mass is 9.89. The predicted octanol–water partition coefficient (Wildman–Crippen LogP) is 2.82. The number of rotatable bonds is 5. The number of ketones is 1. The third kappa shape index (κ3) is 4.08. The molecule has 184 valence electrons. The van der Waals surface area contributed by atoms with E-state index in [-0.39, 0.29) is 35.7 Å². The van der Waals surface area contributed by atoms with Crippen LogP contribution in [0.25, 0.3) is 4.85 Å². The van der Waals surface area contributed by atoms with Crippen molar-refractivity contribution < 1.29 is 26.4 Å². The second kappa shape index (κ2) is 8.42. The highest BCUT2D eigenvalue weighted by atomic mass is 32.2. The molecule has 1 saturated heterocycles. The maximum atomic E-state index is 14.9. The summed E-state index contributed by atoms with van der Waals surface area (Å²) in [6, 6.07) is 4.60. The van der Waals surface area contributed by atoms with Crippen LogP contribution < -0.4 is 5.73 Å². The van der Waals surface area contributed by atoms with Crippen molar-refractivity contribution in [2.45, 2.75) is 30.1 Å². The first-order valence-corrected chi connectivity index (χ1v) is 12.2. The number of aliphatic imine (C=N–C) groups is 1. The molecule has 3 heterocycles. The van der Waals surface area contributed by atoms with Crippen molar-refractivity contribution in [1.29, 1.82) is 0 Å². The molecule has 2 aliphatic heterocycles. The average Bonchev–Trinajstić information content (AvgIpc) is 2.75. The van der Waals surface area contributed by atoms with Gasteiger partial charge in [0.2, 0.25) is 5.69 Å². The molecule has 0 bridgehead atoms. The molecule has 1 fully saturated rings. The molecule has 1 aromatic heterocycles. The van der Waals surface area contributed by atoms with Gasteiger partial charge in [0.1, 0.15) is 22.9 Å². The van der Waals surface area contributed by atoms with E-state index in [1.165, 1.54) is 19.1 Å². The van der Waals surface area contributed by atoms with Crippen molar-refractivity contribution in [2.24, 2.45) is 10.7 Å². The minimum Gasteiger partial charge on any atom is -0.386 e. The molecule has 35 heavy (non-hydrogen) atoms. The molecule has 12 heteroatoms. The zero-order valence-corrected chi connectivity index (χ0v) is 19.7. The van der Waals surface area contributed by atoms with Gasteiger partial charge in [0.15, 0.2) is 20.4 Å². The first-order valence-electron chi connectivity index (χ1n) is 10.6. The van der Waals surface area contributed by atoms with Gasteiger partial charge in [-0.15, -0.1) is 0 Å². The number of nitrogens with zero attached hydrogens (tertiary/aromatic N) is 4. The van der Waals surface area contributed by atoms with E-state index < -0.39 is 61.6 Å². The molecule has 0 radical (unpaired) electrons. The number of amidine groups is 1. The standard InChI is InChI=1S/C23H22F3N5O3S/c1-22(12-35(33,34)23(21(27)30-22)10-31(3)11-23)16-6-13(4-5-17(16)24)7-18(32)19-15(20(25)26)8-14(28-2)9-29-19/h4-6,8-9,20H,7,10-12H2,1,3H3,(H2,27,30)/t22-/m0/s1. The molecule has 4 rings (SSSR count). The average molecular weight is 506 g/mol. The normalized spacial score (nSPS) is 22.9. The summed E-state index contributed by atoms with van der Waals surface area (Å²) in [5, 5.41) is 0. The summed E-state index contributed by atoms with van der Waals surface area (Å²) in [5.74, 6) is -2.05. The Kier molecular flexibility index (Phi) is 5.97. The number of halogens is 3. The molecule has 2 N–H and O–H groups in total. The van der Waals surface area contributed by atoms with Crippen LogP contribution in [0.1, 0.15) is 40.5 Å². The van der Waals surface area contributed by atoms with E-state index in [1.54, 1.807) is 11.9 Å². The maximum absolute atomic E-state index is 14.9. The van der Waals surface area contributed by atoms with Gasteiger partial charge in [0.05, 0.1) is 12.3 Å². The Morgan fingerprint density at radius 2 is 2.00 bits per heavy atom. The smallest absolute Gasteiger partial charge is 0.264 e. The van der Waals surface area contributed by atoms with E-state index in [9.17, 15) is 26.4 Å². The molecule has 8 nitrogen and oxygen atoms in total. The van der Waals surface area contributed by atoms with Crippen molar-refractivity contribution >= 4 is 27.1 Å². The highest BCUT2D eigenvalue weighted by Crippen LogP contribution is 2.41. The van der Waals surface area contributed by atoms with Gasteiger partial charge in [-0.2, -0.15) is 0 Å². The zero-order valence-electron chi connectivity index (χ0n) is 18.9. The van der Waals surface area contributed by atoms with Gasteiger partial charge in [-0.1, -0.05) is 6.07 Å². The molecular weight excluding hydrogens is 483 g/mol. The van der Waals surface area contributed by atoms with Crippen LogP contribution in [-0.4, -0.2) is 60.6 Å². The van der Waals surface area contributed by atoms with Crippen LogP contribution in [0.15, 0.2) is 35.5 Å². The predicted molar refractivity (Wildman–Crippen MR) is 123 cm³/mol. The Bertz CT molecular complexity index is 1400. The number of alkyl halides is 2. The molecule has 0 amide bonds. The molecule has 1 atom stereocenters. The molecule has 0 aliphatic carbocycles. The molecule has 2 aromatic rings. The van der Waals surface area contributed by atoms with E-state index in [0.717, 1.165) is 18.3 Å². The quantitative estimate of drug-likeness (QED) is 0.494. The molecule has 2 aliphatic rings. The maximum Gasteiger partial charge on any atom is 0.264 e. The van der Waals surface area contributed by atoms with Crippen LogP contribution in [0.4, 0.5) is 18.9 Å². The number of benzene rings is 1. The van der Waals surface area contributed by atoms with Crippen molar-refractivity contribution in [2.75, 3.05) is 25.9 Å². The highest BCUT2D eigenvalue weighted by Gasteiger charge is 2.60. The SMILES string of the molecule is [C-]#[N+]c1cnc(C(=O)Cc2ccc(F)c([C@]3(C)CS(=O)(=O)C4(CN(C)C4)C(N)=N3)c2)c(C(F)F)c1. The highest BCUT2D eigenvalue weighted by molar-refractivity contribution is 7.93. The monoisotopic (exact) mass is 505 g/mol. The number of likely N-dealkylation sites (tertiary alicyclic amines) is 1. The zero-order chi connectivity index (χ0) is 25.8. The summed E-state index contributed by atoms with van der Waals surface area (Å²) in [6.45, 7) is 8.80. The Labute approximate surface area is 200 Å². The van der Waals surface area contributed by atoms with Crippen LogP contribution in [0.2, 0.25) is 0 Å². The second-order valence-corrected chi connectivity index (χ2v) is 11.5. The number of carbonyl (C=O) groups is 1. The van der Waals surface area contributed by atoms with Crippen LogP contribution in [0.3, 0.4) is 0 Å². The van der Waals surface area contributed by atoms with Crippen molar-refractivity contribution in [1.82, 2.24) is 9.88 Å². The van der Waals surface area contributed by atoms with Crippen molar-refractivity contribution in [3.8, 4) is 0 Å². The van der Waals surface area contributed by atoms with Crippen molar-refractivity contribution in [3.05, 3.63) is 70.1 Å². The van der Waals surface area contributed by atoms with Crippen LogP contribution in [0.5, 0.6) is 0 Å². The van der Waals surface area contributed by atoms with Gasteiger partial charge < -0.3 is 10.6 Å². The fraction of sp³-hybridized carbons (Fsp3) is 0.391. The molecule has 1 aromatic carbocycles. The third-order valence-corrected chi connectivity index (χ3v) is 9.06. The van der Waals surface area contributed by atoms with Crippen LogP contribution >= 0.6 is 0 Å². The first-order chi connectivity index (χ1) is 16.3. The van der Waals surface area contributed by atoms with E-state index in [4.69, 9.17) is 12.3 Å². The summed E-state index contributed by atoms with van der Waals surface area (Å²) in [7, 11) is -2.03. The summed E-state index contributed by atoms with van der Waals surface area (Å²) < 4.78 is 66.9. The number of sulfone groups is 1. The fourth-order valence-corrected chi connectivity index (χ4v) is 7.12. The van der Waals surface area contributed by atoms with E-state index >= 15 is 0 Å². The molecule has 0 saturated carbocycles. The molecule has 1 spiro atoms. The molecule has 0 unspecified atom stereocenters. The summed E-state index contributed by atoms with van der Waals surface area (Å²) in [5.41, 5.74) is 3.50. The Morgan fingerprint density at radius 1 is 1.31 bits per heavy atom. The molecular formula is C23H22F3N5O3S. The lowest BCUT2D eigenvalue weighted by molar-refractivity contribution is 0.0973. The fourth-order valence-electron chi connectivity index (χ4n) is 4.68. The van der Waals surface area contributed by atoms with Gasteiger partial charge in [-0.25, -0.2) is 26.4 Å². The number of nitrogens with two attached hydrogens (primary N) is 1. The van der Waals surface area contributed by atoms with E-state index in [1.807, 2.05) is 0 Å². The largest absolute Gasteiger partial charge is 0.386 e. The second-order valence-electron chi connectivity index (χ2n) is 9.15. The number of Topliss-reactive ketones (excluding diaryl/α,β-unsaturated/α-hetero) is 1. The summed E-state index contributed by atoms with van der Waals surface area (Å²) in [4.78, 5) is 25.8. The summed E-state index contributed by atoms with van der Waals surface area (Å²) in [6.07, 6.45) is -2.39. The topological polar surface area (TPSA) is 110 Å². The van der Waals surface area contributed by atoms with Crippen LogP contribution in [-0.2, 0) is 21.8 Å². The van der Waals surface area contributed by atoms with Gasteiger partial charge in [0.25, 0.3) is 6.43 Å².